The number of carbonyl (C=O) groups excluding carboxylic acids is 1. The smallest absolute Gasteiger partial charge is 0.246 e. The Hall–Kier alpha value is -0.860. The maximum absolute atomic E-state index is 12.8. The Morgan fingerprint density at radius 3 is 2.41 bits per heavy atom. The minimum atomic E-state index is -3.78. The van der Waals surface area contributed by atoms with Crippen molar-refractivity contribution in [2.75, 3.05) is 26.2 Å². The molecule has 2 rings (SSSR count). The summed E-state index contributed by atoms with van der Waals surface area (Å²) in [5, 5.41) is 3.11. The molecule has 0 saturated carbocycles. The maximum atomic E-state index is 12.8. The minimum absolute atomic E-state index is 0.0348. The predicted octanol–water partition coefficient (Wildman–Crippen LogP) is 3.33. The van der Waals surface area contributed by atoms with Gasteiger partial charge in [-0.05, 0) is 45.2 Å². The van der Waals surface area contributed by atoms with Gasteiger partial charge in [0.15, 0.2) is 0 Å². The van der Waals surface area contributed by atoms with Gasteiger partial charge in [0.2, 0.25) is 15.9 Å². The van der Waals surface area contributed by atoms with Crippen LogP contribution in [-0.2, 0) is 19.6 Å². The molecule has 27 heavy (non-hydrogen) atoms. The van der Waals surface area contributed by atoms with E-state index in [1.807, 2.05) is 13.8 Å². The monoisotopic (exact) mass is 436 g/mol. The molecule has 0 aliphatic carbocycles. The number of carbonyl (C=O) groups is 1. The van der Waals surface area contributed by atoms with Crippen molar-refractivity contribution in [3.63, 3.8) is 0 Å². The van der Waals surface area contributed by atoms with Gasteiger partial charge in [0.25, 0.3) is 0 Å². The second-order valence-electron chi connectivity index (χ2n) is 6.79. The highest BCUT2D eigenvalue weighted by Gasteiger charge is 2.34. The topological polar surface area (TPSA) is 75.7 Å². The van der Waals surface area contributed by atoms with E-state index in [1.54, 1.807) is 6.07 Å². The van der Waals surface area contributed by atoms with Gasteiger partial charge in [-0.15, -0.1) is 0 Å². The normalized spacial score (nSPS) is 16.6. The van der Waals surface area contributed by atoms with Gasteiger partial charge in [0.05, 0.1) is 16.1 Å². The first-order chi connectivity index (χ1) is 12.7. The van der Waals surface area contributed by atoms with Crippen LogP contribution in [0.3, 0.4) is 0 Å². The Labute approximate surface area is 171 Å². The van der Waals surface area contributed by atoms with Gasteiger partial charge in [-0.25, -0.2) is 8.42 Å². The van der Waals surface area contributed by atoms with E-state index < -0.39 is 10.0 Å². The molecule has 1 aromatic rings. The average Bonchev–Trinajstić information content (AvgIpc) is 2.60. The standard InChI is InChI=1S/C18H26Cl2N2O4S/c1-13(2)26-12-4-9-21-18(23)14-7-10-22(11-8-14)27(24,25)17-15(19)5-3-6-16(17)20/h3,5-6,13-14H,4,7-12H2,1-2H3,(H,21,23). The van der Waals surface area contributed by atoms with Crippen molar-refractivity contribution in [1.29, 1.82) is 0 Å². The third-order valence-electron chi connectivity index (χ3n) is 4.41. The molecule has 0 aromatic heterocycles. The van der Waals surface area contributed by atoms with Crippen LogP contribution < -0.4 is 5.32 Å². The molecule has 1 heterocycles. The Kier molecular flexibility index (Phi) is 8.37. The number of nitrogens with zero attached hydrogens (tertiary/aromatic N) is 1. The fourth-order valence-electron chi connectivity index (χ4n) is 2.96. The lowest BCUT2D eigenvalue weighted by Gasteiger charge is -2.31. The molecule has 0 spiro atoms. The number of rotatable bonds is 8. The van der Waals surface area contributed by atoms with Gasteiger partial charge in [-0.3, -0.25) is 4.79 Å². The summed E-state index contributed by atoms with van der Waals surface area (Å²) >= 11 is 12.1. The van der Waals surface area contributed by atoms with Crippen molar-refractivity contribution in [3.8, 4) is 0 Å². The van der Waals surface area contributed by atoms with E-state index in [2.05, 4.69) is 5.32 Å². The van der Waals surface area contributed by atoms with Gasteiger partial charge in [-0.1, -0.05) is 29.3 Å². The highest BCUT2D eigenvalue weighted by Crippen LogP contribution is 2.33. The molecule has 152 valence electrons. The molecule has 0 atom stereocenters. The van der Waals surface area contributed by atoms with Crippen LogP contribution in [0.4, 0.5) is 0 Å². The summed E-state index contributed by atoms with van der Waals surface area (Å²) in [4.78, 5) is 12.2. The SMILES string of the molecule is CC(C)OCCCNC(=O)C1CCN(S(=O)(=O)c2c(Cl)cccc2Cl)CC1. The summed E-state index contributed by atoms with van der Waals surface area (Å²) < 4.78 is 32.5. The molecular formula is C18H26Cl2N2O4S. The summed E-state index contributed by atoms with van der Waals surface area (Å²) in [7, 11) is -3.78. The zero-order valence-corrected chi connectivity index (χ0v) is 17.9. The van der Waals surface area contributed by atoms with Crippen molar-refractivity contribution < 1.29 is 17.9 Å². The summed E-state index contributed by atoms with van der Waals surface area (Å²) in [5.74, 6) is -0.225. The number of hydrogen-bond acceptors (Lipinski definition) is 4. The predicted molar refractivity (Wildman–Crippen MR) is 107 cm³/mol. The highest BCUT2D eigenvalue weighted by atomic mass is 35.5. The van der Waals surface area contributed by atoms with Crippen LogP contribution in [0.25, 0.3) is 0 Å². The molecular weight excluding hydrogens is 411 g/mol. The summed E-state index contributed by atoms with van der Waals surface area (Å²) in [5.41, 5.74) is 0. The second kappa shape index (κ2) is 10.1. The molecule has 6 nitrogen and oxygen atoms in total. The Balaban J connectivity index is 1.87. The summed E-state index contributed by atoms with van der Waals surface area (Å²) in [6.45, 7) is 5.62. The Morgan fingerprint density at radius 1 is 1.26 bits per heavy atom. The first kappa shape index (κ1) is 22.4. The van der Waals surface area contributed by atoms with Gasteiger partial charge in [0, 0.05) is 32.2 Å². The highest BCUT2D eigenvalue weighted by molar-refractivity contribution is 7.89. The molecule has 0 bridgehead atoms. The van der Waals surface area contributed by atoms with E-state index in [-0.39, 0.29) is 46.0 Å². The molecule has 1 saturated heterocycles. The molecule has 9 heteroatoms. The number of benzene rings is 1. The fraction of sp³-hybridized carbons (Fsp3) is 0.611. The minimum Gasteiger partial charge on any atom is -0.379 e. The first-order valence-corrected chi connectivity index (χ1v) is 11.3. The van der Waals surface area contributed by atoms with E-state index >= 15 is 0 Å². The number of nitrogens with one attached hydrogen (secondary N) is 1. The van der Waals surface area contributed by atoms with Crippen molar-refractivity contribution in [2.45, 2.75) is 44.1 Å². The number of ether oxygens (including phenoxy) is 1. The maximum Gasteiger partial charge on any atom is 0.246 e. The molecule has 1 aliphatic heterocycles. The molecule has 1 aromatic carbocycles. The number of hydrogen-bond donors (Lipinski definition) is 1. The van der Waals surface area contributed by atoms with E-state index in [0.717, 1.165) is 6.42 Å². The van der Waals surface area contributed by atoms with Crippen LogP contribution in [0.2, 0.25) is 10.0 Å². The molecule has 0 radical (unpaired) electrons. The van der Waals surface area contributed by atoms with Gasteiger partial charge >= 0.3 is 0 Å². The molecule has 1 amide bonds. The van der Waals surface area contributed by atoms with Gasteiger partial charge in [0.1, 0.15) is 4.90 Å². The average molecular weight is 437 g/mol. The number of halogens is 2. The molecule has 0 unspecified atom stereocenters. The lowest BCUT2D eigenvalue weighted by Crippen LogP contribution is -2.43. The Morgan fingerprint density at radius 2 is 1.85 bits per heavy atom. The third kappa shape index (κ3) is 6.06. The summed E-state index contributed by atoms with van der Waals surface area (Å²) in [6, 6.07) is 4.61. The van der Waals surface area contributed by atoms with E-state index in [9.17, 15) is 13.2 Å². The van der Waals surface area contributed by atoms with Crippen LogP contribution in [-0.4, -0.2) is 51.0 Å². The van der Waals surface area contributed by atoms with Crippen LogP contribution >= 0.6 is 23.2 Å². The zero-order valence-electron chi connectivity index (χ0n) is 15.6. The lowest BCUT2D eigenvalue weighted by molar-refractivity contribution is -0.126. The Bertz CT molecular complexity index is 727. The largest absolute Gasteiger partial charge is 0.379 e. The molecule has 1 aliphatic rings. The van der Waals surface area contributed by atoms with Crippen LogP contribution in [0.5, 0.6) is 0 Å². The van der Waals surface area contributed by atoms with E-state index in [1.165, 1.54) is 16.4 Å². The van der Waals surface area contributed by atoms with E-state index in [4.69, 9.17) is 27.9 Å². The van der Waals surface area contributed by atoms with Crippen molar-refractivity contribution in [3.05, 3.63) is 28.2 Å². The number of piperidine rings is 1. The molecule has 1 N–H and O–H groups in total. The van der Waals surface area contributed by atoms with Crippen LogP contribution in [0, 0.1) is 5.92 Å². The number of sulfonamides is 1. The lowest BCUT2D eigenvalue weighted by atomic mass is 9.97. The van der Waals surface area contributed by atoms with Crippen LogP contribution in [0.15, 0.2) is 23.1 Å². The molecule has 1 fully saturated rings. The first-order valence-electron chi connectivity index (χ1n) is 9.07. The van der Waals surface area contributed by atoms with Gasteiger partial charge in [-0.2, -0.15) is 4.31 Å². The summed E-state index contributed by atoms with van der Waals surface area (Å²) in [6.07, 6.45) is 1.87. The van der Waals surface area contributed by atoms with Crippen LogP contribution in [0.1, 0.15) is 33.1 Å². The zero-order chi connectivity index (χ0) is 20.0. The third-order valence-corrected chi connectivity index (χ3v) is 7.27. The van der Waals surface area contributed by atoms with Crippen molar-refractivity contribution in [2.24, 2.45) is 5.92 Å². The van der Waals surface area contributed by atoms with Gasteiger partial charge < -0.3 is 10.1 Å². The second-order valence-corrected chi connectivity index (χ2v) is 9.48. The number of amides is 1. The van der Waals surface area contributed by atoms with Crippen molar-refractivity contribution in [1.82, 2.24) is 9.62 Å². The van der Waals surface area contributed by atoms with E-state index in [0.29, 0.717) is 26.0 Å². The fourth-order valence-corrected chi connectivity index (χ4v) is 5.52. The quantitative estimate of drug-likeness (QED) is 0.633. The van der Waals surface area contributed by atoms with Crippen molar-refractivity contribution >= 4 is 39.1 Å².